The van der Waals surface area contributed by atoms with E-state index >= 15 is 0 Å². The zero-order chi connectivity index (χ0) is 4.28. The zero-order valence-electron chi connectivity index (χ0n) is 4.01. The van der Waals surface area contributed by atoms with Crippen molar-refractivity contribution in [3.8, 4) is 0 Å². The summed E-state index contributed by atoms with van der Waals surface area (Å²) in [5.74, 6) is 0. The summed E-state index contributed by atoms with van der Waals surface area (Å²) in [4.78, 5) is 0. The summed E-state index contributed by atoms with van der Waals surface area (Å²) in [6.07, 6.45) is 0. The van der Waals surface area contributed by atoms with E-state index in [4.69, 9.17) is 8.76 Å². The maximum Gasteiger partial charge on any atom is 1.00 e. The quantitative estimate of drug-likeness (QED) is 0.279. The molecule has 0 bridgehead atoms. The minimum absolute atomic E-state index is 0. The molecule has 0 N–H and O–H groups in total. The summed E-state index contributed by atoms with van der Waals surface area (Å²) in [6, 6.07) is 0. The molecule has 6 heteroatoms. The van der Waals surface area contributed by atoms with Crippen LogP contribution < -0.4 is 29.6 Å². The standard InChI is InChI=1S/HIO3S.Na.H/c1-4-5(2)3;;/h(H,2,3);;/q;+1;-1/p-1. The Morgan fingerprint density at radius 2 is 2.17 bits per heavy atom. The van der Waals surface area contributed by atoms with Crippen molar-refractivity contribution in [3.63, 3.8) is 0 Å². The first-order valence-electron chi connectivity index (χ1n) is 0.654. The van der Waals surface area contributed by atoms with Gasteiger partial charge in [-0.3, -0.25) is 0 Å². The predicted octanol–water partition coefficient (Wildman–Crippen LogP) is -2.74. The molecule has 3 nitrogen and oxygen atoms in total. The molecule has 0 rings (SSSR count). The van der Waals surface area contributed by atoms with Gasteiger partial charge in [0, 0.05) is 0 Å². The Hall–Kier alpha value is 1.80. The van der Waals surface area contributed by atoms with E-state index in [1.165, 1.54) is 23.0 Å². The second kappa shape index (κ2) is 6.80. The first kappa shape index (κ1) is 10.7. The van der Waals surface area contributed by atoms with E-state index in [9.17, 15) is 0 Å². The summed E-state index contributed by atoms with van der Waals surface area (Å²) >= 11 is -1.07. The van der Waals surface area contributed by atoms with E-state index < -0.39 is 11.4 Å². The van der Waals surface area contributed by atoms with Gasteiger partial charge in [-0.15, -0.1) is 0 Å². The molecule has 1 atom stereocenters. The van der Waals surface area contributed by atoms with Gasteiger partial charge in [0.25, 0.3) is 0 Å². The van der Waals surface area contributed by atoms with Crippen LogP contribution in [0.3, 0.4) is 0 Å². The minimum Gasteiger partial charge on any atom is -1.00 e. The molecule has 0 amide bonds. The summed E-state index contributed by atoms with van der Waals surface area (Å²) in [7, 11) is 0. The molecule has 34 valence electrons. The Labute approximate surface area is 75.8 Å². The molecule has 0 saturated heterocycles. The SMILES string of the molecule is O=S([O-])OI.[H-].[Na+]. The van der Waals surface area contributed by atoms with Crippen LogP contribution in [-0.2, 0) is 13.9 Å². The zero-order valence-corrected chi connectivity index (χ0v) is 7.98. The molecule has 0 fully saturated rings. The van der Waals surface area contributed by atoms with Crippen molar-refractivity contribution in [2.75, 3.05) is 0 Å². The van der Waals surface area contributed by atoms with Crippen molar-refractivity contribution in [1.29, 1.82) is 0 Å². The average Bonchev–Trinajstić information content (AvgIpc) is 1.38. The molecular weight excluding hydrogens is 230 g/mol. The van der Waals surface area contributed by atoms with E-state index in [-0.39, 0.29) is 31.0 Å². The van der Waals surface area contributed by atoms with Crippen LogP contribution in [0.5, 0.6) is 0 Å². The second-order valence-electron chi connectivity index (χ2n) is 0.267. The van der Waals surface area contributed by atoms with Crippen molar-refractivity contribution < 1.29 is 42.3 Å². The smallest absolute Gasteiger partial charge is 1.00 e. The van der Waals surface area contributed by atoms with E-state index in [0.717, 1.165) is 0 Å². The molecule has 0 saturated carbocycles. The van der Waals surface area contributed by atoms with Gasteiger partial charge >= 0.3 is 29.6 Å². The van der Waals surface area contributed by atoms with E-state index in [2.05, 4.69) is 2.51 Å². The molecule has 0 aromatic carbocycles. The minimum atomic E-state index is -2.34. The molecule has 0 aromatic rings. The average molecular weight is 231 g/mol. The Morgan fingerprint density at radius 3 is 2.17 bits per heavy atom. The first-order chi connectivity index (χ1) is 2.27. The largest absolute Gasteiger partial charge is 1.00 e. The third kappa shape index (κ3) is 9.25. The van der Waals surface area contributed by atoms with Crippen molar-refractivity contribution >= 4 is 34.4 Å². The molecular formula is HINaO3S-. The summed E-state index contributed by atoms with van der Waals surface area (Å²) in [5.41, 5.74) is 0. The van der Waals surface area contributed by atoms with Gasteiger partial charge in [0.15, 0.2) is 0 Å². The van der Waals surface area contributed by atoms with E-state index in [1.54, 1.807) is 0 Å². The molecule has 1 unspecified atom stereocenters. The van der Waals surface area contributed by atoms with Crippen LogP contribution in [0.15, 0.2) is 0 Å². The van der Waals surface area contributed by atoms with Crippen LogP contribution in [0, 0.1) is 0 Å². The van der Waals surface area contributed by atoms with Crippen LogP contribution in [0.2, 0.25) is 0 Å². The molecule has 0 aliphatic carbocycles. The third-order valence-electron chi connectivity index (χ3n) is 0.0514. The molecule has 6 heavy (non-hydrogen) atoms. The predicted molar refractivity (Wildman–Crippen MR) is 25.1 cm³/mol. The number of hydrogen-bond acceptors (Lipinski definition) is 3. The van der Waals surface area contributed by atoms with Crippen LogP contribution in [0.25, 0.3) is 0 Å². The first-order valence-corrected chi connectivity index (χ1v) is 2.54. The van der Waals surface area contributed by atoms with Gasteiger partial charge in [-0.25, -0.2) is 6.72 Å². The van der Waals surface area contributed by atoms with Crippen LogP contribution in [-0.4, -0.2) is 8.76 Å². The van der Waals surface area contributed by atoms with Gasteiger partial charge in [0.1, 0.15) is 23.0 Å². The Kier molecular flexibility index (Phi) is 12.2. The Balaban J connectivity index is -0.0000000800. The fourth-order valence-corrected chi connectivity index (χ4v) is 0. The third-order valence-corrected chi connectivity index (χ3v) is 1.04. The molecule has 0 radical (unpaired) electrons. The number of halogens is 1. The monoisotopic (exact) mass is 231 g/mol. The fraction of sp³-hybridized carbons (Fsp3) is 0. The van der Waals surface area contributed by atoms with Crippen LogP contribution in [0.1, 0.15) is 1.43 Å². The van der Waals surface area contributed by atoms with Crippen LogP contribution >= 0.6 is 23.0 Å². The normalized spacial score (nSPS) is 12.3. The van der Waals surface area contributed by atoms with Gasteiger partial charge in [-0.2, -0.15) is 0 Å². The van der Waals surface area contributed by atoms with Gasteiger partial charge in [-0.05, 0) is 0 Å². The molecule has 0 spiro atoms. The summed E-state index contributed by atoms with van der Waals surface area (Å²) in [6.45, 7) is 0. The van der Waals surface area contributed by atoms with Gasteiger partial charge in [0.05, 0.1) is 11.4 Å². The maximum atomic E-state index is 9.14. The van der Waals surface area contributed by atoms with Crippen molar-refractivity contribution in [1.82, 2.24) is 0 Å². The van der Waals surface area contributed by atoms with Gasteiger partial charge in [-0.1, -0.05) is 0 Å². The summed E-state index contributed by atoms with van der Waals surface area (Å²) < 4.78 is 21.9. The maximum absolute atomic E-state index is 9.14. The van der Waals surface area contributed by atoms with E-state index in [1.807, 2.05) is 0 Å². The van der Waals surface area contributed by atoms with Gasteiger partial charge < -0.3 is 5.98 Å². The van der Waals surface area contributed by atoms with E-state index in [0.29, 0.717) is 0 Å². The van der Waals surface area contributed by atoms with Crippen molar-refractivity contribution in [2.45, 2.75) is 0 Å². The molecule has 0 aliphatic heterocycles. The summed E-state index contributed by atoms with van der Waals surface area (Å²) in [5, 5.41) is 0. The van der Waals surface area contributed by atoms with Gasteiger partial charge in [0.2, 0.25) is 0 Å². The Morgan fingerprint density at radius 1 is 2.00 bits per heavy atom. The molecule has 0 heterocycles. The topological polar surface area (TPSA) is 49.4 Å². The number of hydrogen-bond donors (Lipinski definition) is 0. The van der Waals surface area contributed by atoms with Crippen molar-refractivity contribution in [3.05, 3.63) is 0 Å². The Bertz CT molecular complexity index is 50.2. The number of rotatable bonds is 1. The molecule has 0 aliphatic rings. The van der Waals surface area contributed by atoms with Crippen LogP contribution in [0.4, 0.5) is 0 Å². The molecule has 0 aromatic heterocycles. The second-order valence-corrected chi connectivity index (χ2v) is 1.88. The van der Waals surface area contributed by atoms with Crippen molar-refractivity contribution in [2.24, 2.45) is 0 Å². The fourth-order valence-electron chi connectivity index (χ4n) is 0.